The summed E-state index contributed by atoms with van der Waals surface area (Å²) in [6.07, 6.45) is 4.86. The van der Waals surface area contributed by atoms with E-state index in [4.69, 9.17) is 0 Å². The predicted molar refractivity (Wildman–Crippen MR) is 163 cm³/mol. The molecule has 43 heavy (non-hydrogen) atoms. The molecular formula is C36H50FNO5. The van der Waals surface area contributed by atoms with Crippen LogP contribution in [0.3, 0.4) is 0 Å². The maximum atomic E-state index is 14.6. The van der Waals surface area contributed by atoms with E-state index in [-0.39, 0.29) is 53.2 Å². The van der Waals surface area contributed by atoms with Gasteiger partial charge in [0.05, 0.1) is 24.2 Å². The van der Waals surface area contributed by atoms with Gasteiger partial charge in [0, 0.05) is 17.0 Å². The molecule has 6 rings (SSSR count). The largest absolute Gasteiger partial charge is 0.396 e. The molecule has 236 valence electrons. The molecule has 7 heteroatoms. The van der Waals surface area contributed by atoms with Crippen LogP contribution < -0.4 is 5.32 Å². The van der Waals surface area contributed by atoms with Gasteiger partial charge in [-0.05, 0) is 115 Å². The van der Waals surface area contributed by atoms with Gasteiger partial charge in [0.15, 0.2) is 5.78 Å². The summed E-state index contributed by atoms with van der Waals surface area (Å²) in [5, 5.41) is 35.8. The van der Waals surface area contributed by atoms with Crippen molar-refractivity contribution in [3.05, 3.63) is 41.7 Å². The number of anilines is 1. The van der Waals surface area contributed by atoms with E-state index in [1.54, 1.807) is 12.1 Å². The zero-order valence-corrected chi connectivity index (χ0v) is 26.6. The van der Waals surface area contributed by atoms with Crippen LogP contribution in [0.15, 0.2) is 35.9 Å². The standard InChI is InChI=1S/C36H50FNO5/c1-20-11-14-36(31(43)38-23-9-7-22(37)8-10-23)16-15-34(5)24(28(36)21(20)2)17-25(40)29-32(3)18-26(41)30(42)33(4,19-39)27(32)12-13-35(29,34)6/h7-10,17,20-21,26-30,39,41-42H,11-16,18-19H2,1-6H3,(H,38,43)/t20-,21+,26-,27-,28+,29-,30+,32+,33+,34-,35-,36+/m1/s1. The van der Waals surface area contributed by atoms with E-state index >= 15 is 0 Å². The molecule has 0 saturated heterocycles. The molecule has 5 aliphatic rings. The summed E-state index contributed by atoms with van der Waals surface area (Å²) < 4.78 is 13.6. The van der Waals surface area contributed by atoms with Gasteiger partial charge in [-0.3, -0.25) is 9.59 Å². The van der Waals surface area contributed by atoms with E-state index in [1.807, 2.05) is 13.0 Å². The van der Waals surface area contributed by atoms with Crippen molar-refractivity contribution >= 4 is 17.4 Å². The highest BCUT2D eigenvalue weighted by Crippen LogP contribution is 2.75. The Hall–Kier alpha value is -2.09. The maximum Gasteiger partial charge on any atom is 0.231 e. The van der Waals surface area contributed by atoms with Gasteiger partial charge in [-0.15, -0.1) is 0 Å². The first-order valence-corrected chi connectivity index (χ1v) is 16.4. The first-order chi connectivity index (χ1) is 20.1. The molecule has 4 saturated carbocycles. The summed E-state index contributed by atoms with van der Waals surface area (Å²) in [7, 11) is 0. The number of hydrogen-bond acceptors (Lipinski definition) is 5. The number of fused-ring (bicyclic) bond motifs is 7. The van der Waals surface area contributed by atoms with E-state index in [2.05, 4.69) is 39.9 Å². The van der Waals surface area contributed by atoms with Gasteiger partial charge in [0.1, 0.15) is 5.82 Å². The van der Waals surface area contributed by atoms with Gasteiger partial charge < -0.3 is 20.6 Å². The minimum absolute atomic E-state index is 0.0377. The Morgan fingerprint density at radius 2 is 1.67 bits per heavy atom. The Kier molecular flexibility index (Phi) is 7.16. The molecule has 12 atom stereocenters. The fourth-order valence-corrected chi connectivity index (χ4v) is 11.7. The zero-order valence-electron chi connectivity index (χ0n) is 26.6. The third kappa shape index (κ3) is 3.99. The third-order valence-electron chi connectivity index (χ3n) is 14.4. The summed E-state index contributed by atoms with van der Waals surface area (Å²) in [6, 6.07) is 5.92. The molecule has 0 heterocycles. The van der Waals surface area contributed by atoms with Crippen molar-refractivity contribution in [2.75, 3.05) is 11.9 Å². The molecule has 1 amide bonds. The Morgan fingerprint density at radius 3 is 2.33 bits per heavy atom. The number of carbonyl (C=O) groups is 2. The van der Waals surface area contributed by atoms with Crippen LogP contribution in [0.1, 0.15) is 86.5 Å². The molecule has 4 fully saturated rings. The summed E-state index contributed by atoms with van der Waals surface area (Å²) in [5.74, 6) is -0.297. The zero-order chi connectivity index (χ0) is 31.3. The number of aliphatic hydroxyl groups excluding tert-OH is 3. The van der Waals surface area contributed by atoms with E-state index in [0.29, 0.717) is 24.4 Å². The Labute approximate surface area is 255 Å². The number of halogens is 1. The molecule has 0 radical (unpaired) electrons. The highest BCUT2D eigenvalue weighted by molar-refractivity contribution is 5.98. The summed E-state index contributed by atoms with van der Waals surface area (Å²) in [6.45, 7) is 12.8. The SMILES string of the molecule is C[C@H]1[C@H](C)CC[C@]2(C(=O)Nc3ccc(F)cc3)CC[C@]3(C)C(=CC(=O)[C@@H]4[C@@]5(C)C[C@@H](O)[C@H](O)[C@@](C)(CO)[C@@H]5CC[C@]43C)[C@H]12. The predicted octanol–water partition coefficient (Wildman–Crippen LogP) is 5.90. The minimum atomic E-state index is -1.04. The van der Waals surface area contributed by atoms with Gasteiger partial charge in [-0.1, -0.05) is 47.1 Å². The van der Waals surface area contributed by atoms with Crippen LogP contribution in [-0.2, 0) is 9.59 Å². The minimum Gasteiger partial charge on any atom is -0.396 e. The molecule has 0 aliphatic heterocycles. The number of rotatable bonds is 3. The average Bonchev–Trinajstić information content (AvgIpc) is 2.95. The van der Waals surface area contributed by atoms with Gasteiger partial charge in [-0.25, -0.2) is 4.39 Å². The van der Waals surface area contributed by atoms with E-state index < -0.39 is 33.9 Å². The lowest BCUT2D eigenvalue weighted by Gasteiger charge is -2.71. The fraction of sp³-hybridized carbons (Fsp3) is 0.722. The number of allylic oxidation sites excluding steroid dienone is 2. The van der Waals surface area contributed by atoms with Crippen molar-refractivity contribution < 1.29 is 29.3 Å². The fourth-order valence-electron chi connectivity index (χ4n) is 11.7. The molecule has 4 N–H and O–H groups in total. The maximum absolute atomic E-state index is 14.6. The number of nitrogens with one attached hydrogen (secondary N) is 1. The molecule has 0 bridgehead atoms. The van der Waals surface area contributed by atoms with E-state index in [9.17, 15) is 29.3 Å². The molecule has 0 unspecified atom stereocenters. The van der Waals surface area contributed by atoms with Gasteiger partial charge in [0.2, 0.25) is 5.91 Å². The van der Waals surface area contributed by atoms with Crippen LogP contribution in [0.4, 0.5) is 10.1 Å². The number of ketones is 1. The molecular weight excluding hydrogens is 545 g/mol. The van der Waals surface area contributed by atoms with Crippen molar-refractivity contribution in [3.8, 4) is 0 Å². The first-order valence-electron chi connectivity index (χ1n) is 16.4. The van der Waals surface area contributed by atoms with Crippen molar-refractivity contribution in [2.24, 2.45) is 56.7 Å². The van der Waals surface area contributed by atoms with Crippen molar-refractivity contribution in [2.45, 2.75) is 98.7 Å². The lowest BCUT2D eigenvalue weighted by molar-refractivity contribution is -0.238. The van der Waals surface area contributed by atoms with Crippen LogP contribution in [-0.4, -0.2) is 45.8 Å². The van der Waals surface area contributed by atoms with Gasteiger partial charge in [-0.2, -0.15) is 0 Å². The lowest BCUT2D eigenvalue weighted by atomic mass is 9.33. The van der Waals surface area contributed by atoms with Crippen LogP contribution in [0, 0.1) is 62.5 Å². The topological polar surface area (TPSA) is 107 Å². The number of amides is 1. The van der Waals surface area contributed by atoms with Crippen molar-refractivity contribution in [3.63, 3.8) is 0 Å². The number of carbonyl (C=O) groups excluding carboxylic acids is 2. The second kappa shape index (κ2) is 9.95. The molecule has 1 aromatic rings. The normalized spacial score (nSPS) is 49.1. The van der Waals surface area contributed by atoms with Crippen LogP contribution in [0.2, 0.25) is 0 Å². The molecule has 1 aromatic carbocycles. The quantitative estimate of drug-likeness (QED) is 0.348. The Bertz CT molecular complexity index is 1350. The van der Waals surface area contributed by atoms with Crippen LogP contribution in [0.25, 0.3) is 0 Å². The van der Waals surface area contributed by atoms with E-state index in [0.717, 1.165) is 37.7 Å². The smallest absolute Gasteiger partial charge is 0.231 e. The van der Waals surface area contributed by atoms with Gasteiger partial charge >= 0.3 is 0 Å². The highest BCUT2D eigenvalue weighted by atomic mass is 19.1. The summed E-state index contributed by atoms with van der Waals surface area (Å²) in [5.41, 5.74) is -1.19. The average molecular weight is 596 g/mol. The Balaban J connectivity index is 1.45. The molecule has 6 nitrogen and oxygen atoms in total. The third-order valence-corrected chi connectivity index (χ3v) is 14.4. The number of benzene rings is 1. The summed E-state index contributed by atoms with van der Waals surface area (Å²) >= 11 is 0. The van der Waals surface area contributed by atoms with E-state index in [1.165, 1.54) is 12.1 Å². The molecule has 0 spiro atoms. The number of aliphatic hydroxyl groups is 3. The monoisotopic (exact) mass is 595 g/mol. The second-order valence-electron chi connectivity index (χ2n) is 16.1. The molecule has 0 aromatic heterocycles. The Morgan fingerprint density at radius 1 is 1.00 bits per heavy atom. The van der Waals surface area contributed by atoms with Gasteiger partial charge in [0.25, 0.3) is 0 Å². The highest BCUT2D eigenvalue weighted by Gasteiger charge is 2.72. The second-order valence-corrected chi connectivity index (χ2v) is 16.1. The van der Waals surface area contributed by atoms with Crippen LogP contribution in [0.5, 0.6) is 0 Å². The summed E-state index contributed by atoms with van der Waals surface area (Å²) in [4.78, 5) is 28.9. The lowest BCUT2D eigenvalue weighted by Crippen LogP contribution is -2.70. The van der Waals surface area contributed by atoms with Crippen molar-refractivity contribution in [1.82, 2.24) is 0 Å². The van der Waals surface area contributed by atoms with Crippen molar-refractivity contribution in [1.29, 1.82) is 0 Å². The number of hydrogen-bond donors (Lipinski definition) is 4. The first kappa shape index (κ1) is 30.9. The molecule has 5 aliphatic carbocycles. The van der Waals surface area contributed by atoms with Crippen LogP contribution >= 0.6 is 0 Å².